The Hall–Kier alpha value is -0.820. The second kappa shape index (κ2) is 4.80. The van der Waals surface area contributed by atoms with Crippen molar-refractivity contribution in [3.8, 4) is 0 Å². The first-order chi connectivity index (χ1) is 6.88. The average Bonchev–Trinajstić information content (AvgIpc) is 2.13. The molecule has 0 saturated heterocycles. The quantitative estimate of drug-likeness (QED) is 0.793. The Bertz CT molecular complexity index is 309. The Labute approximate surface area is 93.9 Å². The lowest BCUT2D eigenvalue weighted by atomic mass is 9.96. The van der Waals surface area contributed by atoms with E-state index in [1.54, 1.807) is 0 Å². The van der Waals surface area contributed by atoms with Gasteiger partial charge in [0.2, 0.25) is 0 Å². The van der Waals surface area contributed by atoms with Gasteiger partial charge in [-0.15, -0.1) is 0 Å². The van der Waals surface area contributed by atoms with E-state index < -0.39 is 0 Å². The molecule has 1 aromatic carbocycles. The van der Waals surface area contributed by atoms with Gasteiger partial charge in [0.25, 0.3) is 0 Å². The maximum Gasteiger partial charge on any atom is 0.0292 e. The van der Waals surface area contributed by atoms with E-state index in [4.69, 9.17) is 0 Å². The lowest BCUT2D eigenvalue weighted by Crippen LogP contribution is -2.29. The Morgan fingerprint density at radius 2 is 1.93 bits per heavy atom. The summed E-state index contributed by atoms with van der Waals surface area (Å²) in [6.07, 6.45) is 0. The molecule has 0 bridgehead atoms. The number of rotatable bonds is 3. The molecule has 0 aliphatic rings. The van der Waals surface area contributed by atoms with Crippen molar-refractivity contribution in [3.63, 3.8) is 0 Å². The molecule has 0 saturated carbocycles. The smallest absolute Gasteiger partial charge is 0.0292 e. The third-order valence-corrected chi connectivity index (χ3v) is 2.48. The first-order valence-corrected chi connectivity index (χ1v) is 5.68. The van der Waals surface area contributed by atoms with Gasteiger partial charge in [-0.1, -0.05) is 50.6 Å². The molecule has 0 heterocycles. The monoisotopic (exact) mass is 205 g/mol. The van der Waals surface area contributed by atoms with Gasteiger partial charge in [-0.3, -0.25) is 0 Å². The summed E-state index contributed by atoms with van der Waals surface area (Å²) in [5.41, 5.74) is 3.05. The Morgan fingerprint density at radius 3 is 2.47 bits per heavy atom. The van der Waals surface area contributed by atoms with Crippen LogP contribution in [0.3, 0.4) is 0 Å². The van der Waals surface area contributed by atoms with E-state index in [1.165, 1.54) is 11.1 Å². The van der Waals surface area contributed by atoms with Gasteiger partial charge >= 0.3 is 0 Å². The van der Waals surface area contributed by atoms with Crippen molar-refractivity contribution in [2.24, 2.45) is 5.41 Å². The van der Waals surface area contributed by atoms with Crippen LogP contribution in [0.25, 0.3) is 0 Å². The third-order valence-electron chi connectivity index (χ3n) is 2.48. The molecular weight excluding hydrogens is 182 g/mol. The average molecular weight is 205 g/mol. The van der Waals surface area contributed by atoms with Crippen molar-refractivity contribution in [1.29, 1.82) is 0 Å². The van der Waals surface area contributed by atoms with Crippen molar-refractivity contribution < 1.29 is 0 Å². The summed E-state index contributed by atoms with van der Waals surface area (Å²) < 4.78 is 0. The molecule has 0 radical (unpaired) electrons. The first kappa shape index (κ1) is 12.3. The fourth-order valence-corrected chi connectivity index (χ4v) is 1.52. The Morgan fingerprint density at radius 1 is 1.27 bits per heavy atom. The number of benzene rings is 1. The standard InChI is InChI=1S/C14H23N/c1-11-7-6-8-13(9-11)12(2)15-10-14(3,4)5/h6-9,12,15H,10H2,1-5H3/t12-/m0/s1. The van der Waals surface area contributed by atoms with Crippen molar-refractivity contribution in [2.45, 2.75) is 40.7 Å². The molecule has 0 spiro atoms. The van der Waals surface area contributed by atoms with Crippen LogP contribution in [0.2, 0.25) is 0 Å². The molecule has 1 aromatic rings. The summed E-state index contributed by atoms with van der Waals surface area (Å²) in [5.74, 6) is 0. The van der Waals surface area contributed by atoms with Crippen LogP contribution in [-0.4, -0.2) is 6.54 Å². The fourth-order valence-electron chi connectivity index (χ4n) is 1.52. The largest absolute Gasteiger partial charge is 0.310 e. The number of aryl methyl sites for hydroxylation is 1. The Kier molecular flexibility index (Phi) is 3.92. The minimum atomic E-state index is 0.345. The normalized spacial score (nSPS) is 13.9. The van der Waals surface area contributed by atoms with Gasteiger partial charge in [-0.2, -0.15) is 0 Å². The highest BCUT2D eigenvalue weighted by Crippen LogP contribution is 2.17. The topological polar surface area (TPSA) is 12.0 Å². The highest BCUT2D eigenvalue weighted by atomic mass is 14.9. The predicted octanol–water partition coefficient (Wildman–Crippen LogP) is 3.69. The molecular formula is C14H23N. The van der Waals surface area contributed by atoms with Crippen LogP contribution in [0.15, 0.2) is 24.3 Å². The summed E-state index contributed by atoms with van der Waals surface area (Å²) in [7, 11) is 0. The maximum absolute atomic E-state index is 3.57. The molecule has 1 rings (SSSR count). The van der Waals surface area contributed by atoms with Crippen LogP contribution in [0, 0.1) is 12.3 Å². The minimum Gasteiger partial charge on any atom is -0.310 e. The summed E-state index contributed by atoms with van der Waals surface area (Å²) >= 11 is 0. The summed E-state index contributed by atoms with van der Waals surface area (Å²) in [4.78, 5) is 0. The van der Waals surface area contributed by atoms with Crippen molar-refractivity contribution in [1.82, 2.24) is 5.32 Å². The lowest BCUT2D eigenvalue weighted by molar-refractivity contribution is 0.359. The van der Waals surface area contributed by atoms with E-state index >= 15 is 0 Å². The molecule has 1 heteroatoms. The summed E-state index contributed by atoms with van der Waals surface area (Å²) in [5, 5.41) is 3.57. The van der Waals surface area contributed by atoms with Gasteiger partial charge < -0.3 is 5.32 Å². The van der Waals surface area contributed by atoms with Gasteiger partial charge in [0, 0.05) is 12.6 Å². The second-order valence-electron chi connectivity index (χ2n) is 5.58. The van der Waals surface area contributed by atoms with Crippen LogP contribution < -0.4 is 5.32 Å². The van der Waals surface area contributed by atoms with E-state index in [-0.39, 0.29) is 0 Å². The zero-order chi connectivity index (χ0) is 11.5. The van der Waals surface area contributed by atoms with Crippen LogP contribution in [0.5, 0.6) is 0 Å². The van der Waals surface area contributed by atoms with E-state index in [1.807, 2.05) is 0 Å². The molecule has 0 aliphatic carbocycles. The molecule has 1 N–H and O–H groups in total. The van der Waals surface area contributed by atoms with Gasteiger partial charge in [-0.05, 0) is 24.8 Å². The first-order valence-electron chi connectivity index (χ1n) is 5.68. The molecule has 0 aromatic heterocycles. The summed E-state index contributed by atoms with van der Waals surface area (Å²) in [6, 6.07) is 9.14. The Balaban J connectivity index is 2.58. The molecule has 0 unspecified atom stereocenters. The van der Waals surface area contributed by atoms with Crippen LogP contribution in [-0.2, 0) is 0 Å². The van der Waals surface area contributed by atoms with Gasteiger partial charge in [0.1, 0.15) is 0 Å². The highest BCUT2D eigenvalue weighted by molar-refractivity contribution is 5.24. The molecule has 0 aliphatic heterocycles. The second-order valence-corrected chi connectivity index (χ2v) is 5.58. The summed E-state index contributed by atoms with van der Waals surface area (Å²) in [6.45, 7) is 12.2. The molecule has 0 fully saturated rings. The lowest BCUT2D eigenvalue weighted by Gasteiger charge is -2.23. The van der Waals surface area contributed by atoms with Gasteiger partial charge in [-0.25, -0.2) is 0 Å². The molecule has 1 nitrogen and oxygen atoms in total. The molecule has 84 valence electrons. The zero-order valence-electron chi connectivity index (χ0n) is 10.6. The SMILES string of the molecule is Cc1cccc([C@H](C)NCC(C)(C)C)c1. The number of nitrogens with one attached hydrogen (secondary N) is 1. The number of hydrogen-bond donors (Lipinski definition) is 1. The van der Waals surface area contributed by atoms with Crippen LogP contribution in [0.1, 0.15) is 44.9 Å². The maximum atomic E-state index is 3.57. The van der Waals surface area contributed by atoms with E-state index in [0.717, 1.165) is 6.54 Å². The highest BCUT2D eigenvalue weighted by Gasteiger charge is 2.12. The molecule has 1 atom stereocenters. The van der Waals surface area contributed by atoms with E-state index in [9.17, 15) is 0 Å². The fraction of sp³-hybridized carbons (Fsp3) is 0.571. The van der Waals surface area contributed by atoms with Gasteiger partial charge in [0.15, 0.2) is 0 Å². The van der Waals surface area contributed by atoms with Crippen molar-refractivity contribution in [3.05, 3.63) is 35.4 Å². The van der Waals surface area contributed by atoms with E-state index in [2.05, 4.69) is 64.2 Å². The van der Waals surface area contributed by atoms with Gasteiger partial charge in [0.05, 0.1) is 0 Å². The van der Waals surface area contributed by atoms with E-state index in [0.29, 0.717) is 11.5 Å². The minimum absolute atomic E-state index is 0.345. The zero-order valence-corrected chi connectivity index (χ0v) is 10.6. The number of hydrogen-bond acceptors (Lipinski definition) is 1. The van der Waals surface area contributed by atoms with Crippen molar-refractivity contribution in [2.75, 3.05) is 6.54 Å². The van der Waals surface area contributed by atoms with Crippen LogP contribution >= 0.6 is 0 Å². The third kappa shape index (κ3) is 4.48. The van der Waals surface area contributed by atoms with Crippen molar-refractivity contribution >= 4 is 0 Å². The predicted molar refractivity (Wildman–Crippen MR) is 67.1 cm³/mol. The van der Waals surface area contributed by atoms with Crippen LogP contribution in [0.4, 0.5) is 0 Å². The molecule has 15 heavy (non-hydrogen) atoms. The molecule has 0 amide bonds.